The van der Waals surface area contributed by atoms with E-state index >= 15 is 0 Å². The van der Waals surface area contributed by atoms with Gasteiger partial charge in [0.1, 0.15) is 5.00 Å². The highest BCUT2D eigenvalue weighted by atomic mass is 32.1. The van der Waals surface area contributed by atoms with Crippen LogP contribution in [0.15, 0.2) is 12.2 Å². The fourth-order valence-electron chi connectivity index (χ4n) is 4.87. The highest BCUT2D eigenvalue weighted by Crippen LogP contribution is 2.49. The number of esters is 1. The summed E-state index contributed by atoms with van der Waals surface area (Å²) in [6.07, 6.45) is 7.25. The van der Waals surface area contributed by atoms with Crippen LogP contribution in [0.3, 0.4) is 0 Å². The van der Waals surface area contributed by atoms with Gasteiger partial charge in [-0.3, -0.25) is 9.59 Å². The van der Waals surface area contributed by atoms with Crippen molar-refractivity contribution in [2.45, 2.75) is 32.6 Å². The molecule has 0 saturated heterocycles. The average Bonchev–Trinajstić information content (AvgIpc) is 3.32. The van der Waals surface area contributed by atoms with Crippen molar-refractivity contribution in [3.8, 4) is 0 Å². The van der Waals surface area contributed by atoms with Crippen LogP contribution < -0.4 is 5.32 Å². The number of carbonyl (C=O) groups is 3. The van der Waals surface area contributed by atoms with Gasteiger partial charge in [-0.2, -0.15) is 0 Å². The summed E-state index contributed by atoms with van der Waals surface area (Å²) in [6, 6.07) is 0. The maximum atomic E-state index is 13.0. The van der Waals surface area contributed by atoms with E-state index in [2.05, 4.69) is 12.2 Å². The molecule has 6 nitrogen and oxygen atoms in total. The van der Waals surface area contributed by atoms with Crippen molar-refractivity contribution >= 4 is 34.2 Å². The van der Waals surface area contributed by atoms with Crippen LogP contribution in [0, 0.1) is 29.6 Å². The van der Waals surface area contributed by atoms with Gasteiger partial charge in [-0.15, -0.1) is 11.3 Å². The van der Waals surface area contributed by atoms with Gasteiger partial charge in [-0.1, -0.05) is 19.1 Å². The van der Waals surface area contributed by atoms with Crippen molar-refractivity contribution < 1.29 is 24.2 Å². The summed E-state index contributed by atoms with van der Waals surface area (Å²) < 4.78 is 4.96. The lowest BCUT2D eigenvalue weighted by Crippen LogP contribution is -2.36. The molecule has 2 N–H and O–H groups in total. The van der Waals surface area contributed by atoms with Gasteiger partial charge in [0.2, 0.25) is 5.91 Å². The topological polar surface area (TPSA) is 92.7 Å². The maximum absolute atomic E-state index is 13.0. The van der Waals surface area contributed by atoms with Crippen molar-refractivity contribution in [2.24, 2.45) is 29.6 Å². The fourth-order valence-corrected chi connectivity index (χ4v) is 6.27. The summed E-state index contributed by atoms with van der Waals surface area (Å²) in [7, 11) is 1.34. The molecule has 0 aliphatic heterocycles. The van der Waals surface area contributed by atoms with Gasteiger partial charge < -0.3 is 15.2 Å². The fraction of sp³-hybridized carbons (Fsp3) is 0.550. The molecule has 4 rings (SSSR count). The van der Waals surface area contributed by atoms with Crippen LogP contribution in [-0.4, -0.2) is 30.1 Å². The number of amides is 1. The van der Waals surface area contributed by atoms with Gasteiger partial charge >= 0.3 is 11.9 Å². The van der Waals surface area contributed by atoms with E-state index in [0.29, 0.717) is 22.9 Å². The van der Waals surface area contributed by atoms with E-state index in [9.17, 15) is 19.5 Å². The Morgan fingerprint density at radius 3 is 2.59 bits per heavy atom. The standard InChI is InChI=1S/C20H23NO5S/c1-9-3-6-12-13(7-9)27-18(16(12)20(25)26-2)21-17(22)14-10-4-5-11(8-10)15(14)19(23)24/h4-5,9-11,14-15H,3,6-8H2,1-2H3,(H,21,22)(H,23,24)/t9-,10-,11-,14+,15+/m0/s1. The number of hydrogen-bond acceptors (Lipinski definition) is 5. The van der Waals surface area contributed by atoms with Crippen molar-refractivity contribution in [1.82, 2.24) is 0 Å². The van der Waals surface area contributed by atoms with Crippen LogP contribution in [0.4, 0.5) is 5.00 Å². The normalized spacial score (nSPS) is 30.8. The number of thiophene rings is 1. The molecular formula is C20H23NO5S. The zero-order valence-corrected chi connectivity index (χ0v) is 16.2. The monoisotopic (exact) mass is 389 g/mol. The number of hydrogen-bond donors (Lipinski definition) is 2. The minimum absolute atomic E-state index is 0.0488. The number of anilines is 1. The molecule has 0 aromatic carbocycles. The Hall–Kier alpha value is -2.15. The summed E-state index contributed by atoms with van der Waals surface area (Å²) >= 11 is 1.43. The highest BCUT2D eigenvalue weighted by molar-refractivity contribution is 7.17. The molecule has 1 aromatic heterocycles. The van der Waals surface area contributed by atoms with Gasteiger partial charge in [0.05, 0.1) is 24.5 Å². The van der Waals surface area contributed by atoms with Crippen LogP contribution in [0.1, 0.15) is 40.6 Å². The molecule has 1 saturated carbocycles. The second kappa shape index (κ2) is 6.78. The number of fused-ring (bicyclic) bond motifs is 3. The number of allylic oxidation sites excluding steroid dienone is 2. The molecule has 7 heteroatoms. The average molecular weight is 389 g/mol. The summed E-state index contributed by atoms with van der Waals surface area (Å²) in [6.45, 7) is 2.18. The number of aliphatic carboxylic acids is 1. The molecule has 3 aliphatic carbocycles. The van der Waals surface area contributed by atoms with E-state index < -0.39 is 23.8 Å². The van der Waals surface area contributed by atoms with Crippen molar-refractivity contribution in [3.63, 3.8) is 0 Å². The van der Waals surface area contributed by atoms with Crippen LogP contribution in [-0.2, 0) is 27.2 Å². The van der Waals surface area contributed by atoms with Crippen LogP contribution in [0.25, 0.3) is 0 Å². The second-order valence-electron chi connectivity index (χ2n) is 7.87. The van der Waals surface area contributed by atoms with E-state index in [1.54, 1.807) is 0 Å². The van der Waals surface area contributed by atoms with Gasteiger partial charge in [0.25, 0.3) is 0 Å². The first kappa shape index (κ1) is 18.2. The number of nitrogens with one attached hydrogen (secondary N) is 1. The number of ether oxygens (including phenoxy) is 1. The summed E-state index contributed by atoms with van der Waals surface area (Å²) in [5.74, 6) is -2.57. The predicted molar refractivity (Wildman–Crippen MR) is 101 cm³/mol. The third-order valence-electron chi connectivity index (χ3n) is 6.19. The van der Waals surface area contributed by atoms with Gasteiger partial charge in [-0.05, 0) is 49.0 Å². The molecule has 2 bridgehead atoms. The Morgan fingerprint density at radius 1 is 1.22 bits per heavy atom. The Kier molecular flexibility index (Phi) is 4.58. The van der Waals surface area contributed by atoms with Crippen molar-refractivity contribution in [3.05, 3.63) is 28.2 Å². The third-order valence-corrected chi connectivity index (χ3v) is 7.35. The largest absolute Gasteiger partial charge is 0.481 e. The number of methoxy groups -OCH3 is 1. The van der Waals surface area contributed by atoms with E-state index in [1.807, 2.05) is 12.2 Å². The first-order valence-corrected chi connectivity index (χ1v) is 10.2. The molecule has 1 fully saturated rings. The van der Waals surface area contributed by atoms with Crippen molar-refractivity contribution in [1.29, 1.82) is 0 Å². The molecular weight excluding hydrogens is 366 g/mol. The molecule has 0 unspecified atom stereocenters. The molecule has 0 radical (unpaired) electrons. The maximum Gasteiger partial charge on any atom is 0.341 e. The quantitative estimate of drug-likeness (QED) is 0.610. The molecule has 1 amide bonds. The molecule has 27 heavy (non-hydrogen) atoms. The number of rotatable bonds is 4. The number of carboxylic acid groups (broad SMARTS) is 1. The minimum Gasteiger partial charge on any atom is -0.481 e. The third kappa shape index (κ3) is 2.98. The zero-order chi connectivity index (χ0) is 19.3. The van der Waals surface area contributed by atoms with Gasteiger partial charge in [-0.25, -0.2) is 4.79 Å². The van der Waals surface area contributed by atoms with Gasteiger partial charge in [0, 0.05) is 4.88 Å². The molecule has 1 aromatic rings. The summed E-state index contributed by atoms with van der Waals surface area (Å²) in [5, 5.41) is 13.0. The Balaban J connectivity index is 1.64. The molecule has 3 aliphatic rings. The lowest BCUT2D eigenvalue weighted by atomic mass is 9.82. The lowest BCUT2D eigenvalue weighted by molar-refractivity contribution is -0.146. The van der Waals surface area contributed by atoms with Crippen LogP contribution in [0.5, 0.6) is 0 Å². The smallest absolute Gasteiger partial charge is 0.341 e. The van der Waals surface area contributed by atoms with E-state index in [1.165, 1.54) is 18.4 Å². The Labute approximate surface area is 161 Å². The summed E-state index contributed by atoms with van der Waals surface area (Å²) in [4.78, 5) is 38.2. The van der Waals surface area contributed by atoms with Gasteiger partial charge in [0.15, 0.2) is 0 Å². The first-order chi connectivity index (χ1) is 12.9. The van der Waals surface area contributed by atoms with Crippen LogP contribution >= 0.6 is 11.3 Å². The molecule has 1 heterocycles. The van der Waals surface area contributed by atoms with E-state index in [-0.39, 0.29) is 17.7 Å². The van der Waals surface area contributed by atoms with E-state index in [4.69, 9.17) is 4.74 Å². The van der Waals surface area contributed by atoms with Crippen LogP contribution in [0.2, 0.25) is 0 Å². The van der Waals surface area contributed by atoms with Crippen molar-refractivity contribution in [2.75, 3.05) is 12.4 Å². The molecule has 5 atom stereocenters. The Bertz CT molecular complexity index is 842. The minimum atomic E-state index is -0.931. The summed E-state index contributed by atoms with van der Waals surface area (Å²) in [5.41, 5.74) is 1.42. The molecule has 144 valence electrons. The van der Waals surface area contributed by atoms with E-state index in [0.717, 1.165) is 29.7 Å². The number of carboxylic acids is 1. The highest BCUT2D eigenvalue weighted by Gasteiger charge is 2.51. The Morgan fingerprint density at radius 2 is 1.93 bits per heavy atom. The zero-order valence-electron chi connectivity index (χ0n) is 15.4. The number of carbonyl (C=O) groups excluding carboxylic acids is 2. The first-order valence-electron chi connectivity index (χ1n) is 9.35. The predicted octanol–water partition coefficient (Wildman–Crippen LogP) is 3.12. The second-order valence-corrected chi connectivity index (χ2v) is 8.98. The lowest BCUT2D eigenvalue weighted by Gasteiger charge is -2.23. The SMILES string of the molecule is COC(=O)c1c(NC(=O)[C@H]2[C@H](C(=O)O)[C@H]3C=C[C@H]2C3)sc2c1CC[C@H](C)C2. The molecule has 0 spiro atoms.